The normalized spacial score (nSPS) is 15.9. The van der Waals surface area contributed by atoms with E-state index in [1.165, 1.54) is 6.20 Å². The van der Waals surface area contributed by atoms with Crippen molar-refractivity contribution in [2.45, 2.75) is 19.3 Å². The lowest BCUT2D eigenvalue weighted by Gasteiger charge is -2.10. The summed E-state index contributed by atoms with van der Waals surface area (Å²) >= 11 is 0. The molecule has 0 saturated heterocycles. The molecule has 0 aliphatic heterocycles. The van der Waals surface area contributed by atoms with Gasteiger partial charge in [0.1, 0.15) is 0 Å². The minimum Gasteiger partial charge on any atom is -0.326 e. The van der Waals surface area contributed by atoms with Gasteiger partial charge in [0.25, 0.3) is 5.91 Å². The zero-order valence-electron chi connectivity index (χ0n) is 13.2. The predicted octanol–water partition coefficient (Wildman–Crippen LogP) is 3.63. The van der Waals surface area contributed by atoms with Crippen LogP contribution in [0.1, 0.15) is 29.6 Å². The van der Waals surface area contributed by atoms with Crippen LogP contribution in [0.25, 0.3) is 0 Å². The van der Waals surface area contributed by atoms with Crippen LogP contribution in [0.2, 0.25) is 0 Å². The molecular weight excluding hydrogens is 302 g/mol. The Balaban J connectivity index is 1.60. The third-order valence-electron chi connectivity index (χ3n) is 3.89. The van der Waals surface area contributed by atoms with Crippen LogP contribution in [0, 0.1) is 5.92 Å². The summed E-state index contributed by atoms with van der Waals surface area (Å²) < 4.78 is 0. The summed E-state index contributed by atoms with van der Waals surface area (Å²) in [5, 5.41) is 5.69. The number of allylic oxidation sites excluding steroid dienone is 2. The van der Waals surface area contributed by atoms with Gasteiger partial charge in [-0.15, -0.1) is 0 Å². The van der Waals surface area contributed by atoms with Crippen molar-refractivity contribution in [3.05, 3.63) is 66.5 Å². The number of carbonyl (C=O) groups excluding carboxylic acids is 2. The molecule has 0 fully saturated rings. The van der Waals surface area contributed by atoms with Crippen LogP contribution in [-0.2, 0) is 4.79 Å². The highest BCUT2D eigenvalue weighted by molar-refractivity contribution is 6.04. The second-order valence-electron chi connectivity index (χ2n) is 5.79. The number of benzene rings is 1. The monoisotopic (exact) mass is 321 g/mol. The maximum absolute atomic E-state index is 12.1. The van der Waals surface area contributed by atoms with Crippen LogP contribution in [0.5, 0.6) is 0 Å². The highest BCUT2D eigenvalue weighted by Crippen LogP contribution is 2.22. The quantitative estimate of drug-likeness (QED) is 0.826. The van der Waals surface area contributed by atoms with Gasteiger partial charge in [-0.05, 0) is 49.1 Å². The van der Waals surface area contributed by atoms with Gasteiger partial charge in [0, 0.05) is 30.2 Å². The van der Waals surface area contributed by atoms with Crippen LogP contribution in [0.3, 0.4) is 0 Å². The zero-order valence-corrected chi connectivity index (χ0v) is 13.2. The second-order valence-corrected chi connectivity index (χ2v) is 5.79. The Labute approximate surface area is 140 Å². The van der Waals surface area contributed by atoms with E-state index in [9.17, 15) is 9.59 Å². The van der Waals surface area contributed by atoms with Gasteiger partial charge in [-0.2, -0.15) is 0 Å². The summed E-state index contributed by atoms with van der Waals surface area (Å²) in [5.74, 6) is 0.0865. The number of rotatable bonds is 5. The summed E-state index contributed by atoms with van der Waals surface area (Å²) in [7, 11) is 0. The molecule has 1 atom stereocenters. The van der Waals surface area contributed by atoms with Gasteiger partial charge in [-0.3, -0.25) is 14.6 Å². The maximum atomic E-state index is 12.1. The molecule has 24 heavy (non-hydrogen) atoms. The van der Waals surface area contributed by atoms with E-state index in [1.54, 1.807) is 36.5 Å². The van der Waals surface area contributed by atoms with Gasteiger partial charge < -0.3 is 10.6 Å². The largest absolute Gasteiger partial charge is 0.326 e. The third kappa shape index (κ3) is 4.29. The Morgan fingerprint density at radius 2 is 1.96 bits per heavy atom. The Morgan fingerprint density at radius 3 is 2.67 bits per heavy atom. The number of aromatic nitrogens is 1. The number of carbonyl (C=O) groups is 2. The molecule has 2 amide bonds. The van der Waals surface area contributed by atoms with Crippen LogP contribution >= 0.6 is 0 Å². The number of hydrogen-bond donors (Lipinski definition) is 2. The number of amides is 2. The van der Waals surface area contributed by atoms with Crippen molar-refractivity contribution < 1.29 is 9.59 Å². The van der Waals surface area contributed by atoms with E-state index in [1.807, 2.05) is 6.07 Å². The summed E-state index contributed by atoms with van der Waals surface area (Å²) in [4.78, 5) is 28.1. The smallest absolute Gasteiger partial charge is 0.257 e. The molecule has 1 aromatic heterocycles. The van der Waals surface area contributed by atoms with Gasteiger partial charge in [-0.25, -0.2) is 0 Å². The van der Waals surface area contributed by atoms with Crippen LogP contribution in [0.4, 0.5) is 11.4 Å². The fourth-order valence-corrected chi connectivity index (χ4v) is 2.69. The van der Waals surface area contributed by atoms with Crippen molar-refractivity contribution in [2.75, 3.05) is 10.6 Å². The molecule has 2 aromatic rings. The summed E-state index contributed by atoms with van der Waals surface area (Å²) in [6.45, 7) is 0. The average Bonchev–Trinajstić information content (AvgIpc) is 3.08. The van der Waals surface area contributed by atoms with Gasteiger partial charge in [-0.1, -0.05) is 18.2 Å². The van der Waals surface area contributed by atoms with Crippen LogP contribution in [0.15, 0.2) is 60.9 Å². The molecule has 1 aliphatic rings. The Kier molecular flexibility index (Phi) is 5.01. The predicted molar refractivity (Wildman–Crippen MR) is 93.7 cm³/mol. The lowest BCUT2D eigenvalue weighted by Crippen LogP contribution is -2.15. The van der Waals surface area contributed by atoms with Crippen molar-refractivity contribution >= 4 is 23.2 Å². The number of nitrogens with one attached hydrogen (secondary N) is 2. The third-order valence-corrected chi connectivity index (χ3v) is 3.89. The van der Waals surface area contributed by atoms with E-state index in [2.05, 4.69) is 27.8 Å². The first-order chi connectivity index (χ1) is 11.7. The topological polar surface area (TPSA) is 71.1 Å². The van der Waals surface area contributed by atoms with Crippen molar-refractivity contribution in [1.29, 1.82) is 0 Å². The molecule has 0 unspecified atom stereocenters. The Morgan fingerprint density at radius 1 is 1.12 bits per heavy atom. The maximum Gasteiger partial charge on any atom is 0.257 e. The molecule has 1 aliphatic carbocycles. The fourth-order valence-electron chi connectivity index (χ4n) is 2.69. The van der Waals surface area contributed by atoms with E-state index < -0.39 is 0 Å². The van der Waals surface area contributed by atoms with Crippen molar-refractivity contribution in [1.82, 2.24) is 4.98 Å². The lowest BCUT2D eigenvalue weighted by molar-refractivity contribution is -0.116. The van der Waals surface area contributed by atoms with E-state index in [4.69, 9.17) is 0 Å². The lowest BCUT2D eigenvalue weighted by atomic mass is 10.1. The molecule has 0 spiro atoms. The van der Waals surface area contributed by atoms with E-state index in [0.717, 1.165) is 12.8 Å². The first-order valence-corrected chi connectivity index (χ1v) is 7.98. The van der Waals surface area contributed by atoms with Crippen molar-refractivity contribution in [3.8, 4) is 0 Å². The second kappa shape index (κ2) is 7.55. The average molecular weight is 321 g/mol. The highest BCUT2D eigenvalue weighted by Gasteiger charge is 2.14. The molecule has 2 N–H and O–H groups in total. The van der Waals surface area contributed by atoms with Crippen LogP contribution in [-0.4, -0.2) is 16.8 Å². The minimum absolute atomic E-state index is 0.0118. The van der Waals surface area contributed by atoms with Crippen LogP contribution < -0.4 is 10.6 Å². The molecule has 1 aromatic carbocycles. The van der Waals surface area contributed by atoms with Gasteiger partial charge in [0.15, 0.2) is 0 Å². The number of pyridine rings is 1. The number of nitrogens with zero attached hydrogens (tertiary/aromatic N) is 1. The molecule has 0 bridgehead atoms. The van der Waals surface area contributed by atoms with Gasteiger partial charge >= 0.3 is 0 Å². The minimum atomic E-state index is -0.234. The molecule has 3 rings (SSSR count). The highest BCUT2D eigenvalue weighted by atomic mass is 16.2. The molecule has 0 radical (unpaired) electrons. The Bertz CT molecular complexity index is 756. The molecule has 5 nitrogen and oxygen atoms in total. The molecule has 5 heteroatoms. The van der Waals surface area contributed by atoms with Crippen molar-refractivity contribution in [3.63, 3.8) is 0 Å². The first kappa shape index (κ1) is 15.9. The van der Waals surface area contributed by atoms with Crippen molar-refractivity contribution in [2.24, 2.45) is 5.92 Å². The summed E-state index contributed by atoms with van der Waals surface area (Å²) in [6, 6.07) is 10.5. The zero-order chi connectivity index (χ0) is 16.8. The first-order valence-electron chi connectivity index (χ1n) is 7.98. The van der Waals surface area contributed by atoms with E-state index >= 15 is 0 Å². The number of anilines is 2. The molecule has 1 heterocycles. The Hall–Kier alpha value is -2.95. The van der Waals surface area contributed by atoms with E-state index in [-0.39, 0.29) is 11.8 Å². The molecule has 0 saturated carbocycles. The molecule has 122 valence electrons. The van der Waals surface area contributed by atoms with Gasteiger partial charge in [0.2, 0.25) is 5.91 Å². The SMILES string of the molecule is O=C(C[C@H]1C=CCC1)Nc1cccc(NC(=O)c2cccnc2)c1. The summed E-state index contributed by atoms with van der Waals surface area (Å²) in [6.07, 6.45) is 9.92. The summed E-state index contributed by atoms with van der Waals surface area (Å²) in [5.41, 5.74) is 1.79. The number of hydrogen-bond acceptors (Lipinski definition) is 3. The molecular formula is C19H19N3O2. The van der Waals surface area contributed by atoms with Gasteiger partial charge in [0.05, 0.1) is 5.56 Å². The van der Waals surface area contributed by atoms with E-state index in [0.29, 0.717) is 29.3 Å². The fraction of sp³-hybridized carbons (Fsp3) is 0.211. The standard InChI is InChI=1S/C19H19N3O2/c23-18(11-14-5-1-2-6-14)21-16-8-3-9-17(12-16)22-19(24)15-7-4-10-20-13-15/h1,3-5,7-10,12-14H,2,6,11H2,(H,21,23)(H,22,24)/t14-/m0/s1.